The zero-order valence-corrected chi connectivity index (χ0v) is 11.6. The van der Waals surface area contributed by atoms with E-state index in [4.69, 9.17) is 9.47 Å². The van der Waals surface area contributed by atoms with E-state index in [9.17, 15) is 4.79 Å². The lowest BCUT2D eigenvalue weighted by Crippen LogP contribution is -2.32. The molecular weight excluding hydrogens is 216 g/mol. The number of ether oxygens (including phenoxy) is 2. The first-order chi connectivity index (χ1) is 8.03. The van der Waals surface area contributed by atoms with E-state index < -0.39 is 11.8 Å². The molecule has 1 unspecified atom stereocenters. The number of carbonyl (C=O) groups excluding carboxylic acids is 1. The standard InChI is InChI=1S/C14H26O3/c1-6-10-12(5)11-16-13(15)17-14(7-2,8-3)9-4/h7,12H,2,6,8-11H2,1,3-5H3. The van der Waals surface area contributed by atoms with Crippen molar-refractivity contribution in [2.75, 3.05) is 6.61 Å². The largest absolute Gasteiger partial charge is 0.509 e. The minimum absolute atomic E-state index is 0.383. The molecule has 3 nitrogen and oxygen atoms in total. The van der Waals surface area contributed by atoms with E-state index >= 15 is 0 Å². The van der Waals surface area contributed by atoms with Gasteiger partial charge in [-0.3, -0.25) is 0 Å². The molecule has 17 heavy (non-hydrogen) atoms. The zero-order valence-electron chi connectivity index (χ0n) is 11.6. The molecule has 0 aromatic heterocycles. The van der Waals surface area contributed by atoms with Crippen molar-refractivity contribution in [1.29, 1.82) is 0 Å². The van der Waals surface area contributed by atoms with Crippen LogP contribution in [-0.4, -0.2) is 18.4 Å². The van der Waals surface area contributed by atoms with Crippen LogP contribution < -0.4 is 0 Å². The number of rotatable bonds is 8. The van der Waals surface area contributed by atoms with E-state index in [0.717, 1.165) is 12.8 Å². The average Bonchev–Trinajstić information content (AvgIpc) is 2.34. The summed E-state index contributed by atoms with van der Waals surface area (Å²) >= 11 is 0. The number of hydrogen-bond acceptors (Lipinski definition) is 3. The van der Waals surface area contributed by atoms with Crippen LogP contribution in [0.3, 0.4) is 0 Å². The predicted molar refractivity (Wildman–Crippen MR) is 70.0 cm³/mol. The molecule has 0 fully saturated rings. The van der Waals surface area contributed by atoms with Crippen molar-refractivity contribution >= 4 is 6.16 Å². The Morgan fingerprint density at radius 2 is 1.94 bits per heavy atom. The molecule has 0 radical (unpaired) electrons. The van der Waals surface area contributed by atoms with E-state index in [0.29, 0.717) is 25.4 Å². The second-order valence-corrected chi connectivity index (χ2v) is 4.53. The monoisotopic (exact) mass is 242 g/mol. The van der Waals surface area contributed by atoms with Crippen LogP contribution in [0.25, 0.3) is 0 Å². The van der Waals surface area contributed by atoms with Gasteiger partial charge in [-0.1, -0.05) is 40.7 Å². The van der Waals surface area contributed by atoms with Gasteiger partial charge >= 0.3 is 6.16 Å². The zero-order chi connectivity index (χ0) is 13.3. The quantitative estimate of drug-likeness (QED) is 0.469. The topological polar surface area (TPSA) is 35.5 Å². The first-order valence-corrected chi connectivity index (χ1v) is 6.52. The highest BCUT2D eigenvalue weighted by atomic mass is 16.7. The lowest BCUT2D eigenvalue weighted by atomic mass is 9.98. The van der Waals surface area contributed by atoms with Crippen molar-refractivity contribution in [3.05, 3.63) is 12.7 Å². The molecule has 0 aliphatic heterocycles. The van der Waals surface area contributed by atoms with Crippen LogP contribution in [-0.2, 0) is 9.47 Å². The summed E-state index contributed by atoms with van der Waals surface area (Å²) < 4.78 is 10.4. The van der Waals surface area contributed by atoms with Gasteiger partial charge in [0.15, 0.2) is 0 Å². The van der Waals surface area contributed by atoms with Crippen LogP contribution in [0, 0.1) is 5.92 Å². The van der Waals surface area contributed by atoms with E-state index in [1.807, 2.05) is 13.8 Å². The van der Waals surface area contributed by atoms with Gasteiger partial charge in [0.05, 0.1) is 6.61 Å². The first kappa shape index (κ1) is 16.0. The summed E-state index contributed by atoms with van der Waals surface area (Å²) in [4.78, 5) is 11.6. The molecule has 0 saturated carbocycles. The van der Waals surface area contributed by atoms with Crippen LogP contribution in [0.2, 0.25) is 0 Å². The summed E-state index contributed by atoms with van der Waals surface area (Å²) in [6, 6.07) is 0. The Morgan fingerprint density at radius 1 is 1.35 bits per heavy atom. The Morgan fingerprint density at radius 3 is 2.35 bits per heavy atom. The maximum atomic E-state index is 11.6. The molecule has 0 aliphatic carbocycles. The number of hydrogen-bond donors (Lipinski definition) is 0. The minimum atomic E-state index is -0.587. The molecular formula is C14H26O3. The second kappa shape index (κ2) is 8.15. The maximum Gasteiger partial charge on any atom is 0.509 e. The van der Waals surface area contributed by atoms with Gasteiger partial charge in [0.25, 0.3) is 0 Å². The molecule has 0 aromatic rings. The van der Waals surface area contributed by atoms with Gasteiger partial charge in [0, 0.05) is 0 Å². The van der Waals surface area contributed by atoms with Gasteiger partial charge < -0.3 is 9.47 Å². The molecule has 3 heteroatoms. The van der Waals surface area contributed by atoms with Gasteiger partial charge in [-0.15, -0.1) is 0 Å². The van der Waals surface area contributed by atoms with Gasteiger partial charge in [-0.05, 0) is 31.3 Å². The minimum Gasteiger partial charge on any atom is -0.434 e. The fraction of sp³-hybridized carbons (Fsp3) is 0.786. The molecule has 0 heterocycles. The third kappa shape index (κ3) is 5.76. The van der Waals surface area contributed by atoms with Crippen molar-refractivity contribution in [3.63, 3.8) is 0 Å². The van der Waals surface area contributed by atoms with Crippen molar-refractivity contribution in [3.8, 4) is 0 Å². The first-order valence-electron chi connectivity index (χ1n) is 6.52. The highest BCUT2D eigenvalue weighted by molar-refractivity contribution is 5.60. The molecule has 0 aromatic carbocycles. The molecule has 0 aliphatic rings. The van der Waals surface area contributed by atoms with Crippen molar-refractivity contribution < 1.29 is 14.3 Å². The Labute approximate surface area is 105 Å². The molecule has 100 valence electrons. The maximum absolute atomic E-state index is 11.6. The summed E-state index contributed by atoms with van der Waals surface area (Å²) in [5, 5.41) is 0. The van der Waals surface area contributed by atoms with Crippen LogP contribution in [0.5, 0.6) is 0 Å². The van der Waals surface area contributed by atoms with Gasteiger partial charge in [0.1, 0.15) is 5.60 Å². The fourth-order valence-corrected chi connectivity index (χ4v) is 1.71. The van der Waals surface area contributed by atoms with Crippen molar-refractivity contribution in [2.45, 2.75) is 59.0 Å². The summed E-state index contributed by atoms with van der Waals surface area (Å²) in [7, 11) is 0. The van der Waals surface area contributed by atoms with E-state index in [1.54, 1.807) is 6.08 Å². The van der Waals surface area contributed by atoms with Gasteiger partial charge in [-0.2, -0.15) is 0 Å². The lowest BCUT2D eigenvalue weighted by Gasteiger charge is -2.27. The second-order valence-electron chi connectivity index (χ2n) is 4.53. The molecule has 1 atom stereocenters. The summed E-state index contributed by atoms with van der Waals surface area (Å²) in [6.45, 7) is 12.3. The third-order valence-corrected chi connectivity index (χ3v) is 3.12. The van der Waals surface area contributed by atoms with Crippen LogP contribution in [0.1, 0.15) is 53.4 Å². The van der Waals surface area contributed by atoms with Crippen LogP contribution in [0.15, 0.2) is 12.7 Å². The smallest absolute Gasteiger partial charge is 0.434 e. The summed E-state index contributed by atoms with van der Waals surface area (Å²) in [5.41, 5.74) is -0.578. The SMILES string of the molecule is C=CC(CC)(CC)OC(=O)OCC(C)CCC. The highest BCUT2D eigenvalue weighted by Crippen LogP contribution is 2.22. The molecule has 0 bridgehead atoms. The molecule has 0 amide bonds. The van der Waals surface area contributed by atoms with Gasteiger partial charge in [-0.25, -0.2) is 4.79 Å². The van der Waals surface area contributed by atoms with Gasteiger partial charge in [0.2, 0.25) is 0 Å². The van der Waals surface area contributed by atoms with Crippen molar-refractivity contribution in [2.24, 2.45) is 5.92 Å². The normalized spacial score (nSPS) is 12.9. The number of carbonyl (C=O) groups is 1. The fourth-order valence-electron chi connectivity index (χ4n) is 1.71. The summed E-state index contributed by atoms with van der Waals surface area (Å²) in [5.74, 6) is 0.383. The Kier molecular flexibility index (Phi) is 7.68. The van der Waals surface area contributed by atoms with Crippen LogP contribution in [0.4, 0.5) is 4.79 Å². The third-order valence-electron chi connectivity index (χ3n) is 3.12. The lowest BCUT2D eigenvalue weighted by molar-refractivity contribution is -0.0192. The molecule has 0 rings (SSSR count). The van der Waals surface area contributed by atoms with Crippen LogP contribution >= 0.6 is 0 Å². The van der Waals surface area contributed by atoms with E-state index in [2.05, 4.69) is 20.4 Å². The summed E-state index contributed by atoms with van der Waals surface area (Å²) in [6.07, 6.45) is 4.68. The van der Waals surface area contributed by atoms with E-state index in [-0.39, 0.29) is 0 Å². The Balaban J connectivity index is 4.11. The Bertz CT molecular complexity index is 232. The van der Waals surface area contributed by atoms with E-state index in [1.165, 1.54) is 0 Å². The van der Waals surface area contributed by atoms with Crippen molar-refractivity contribution in [1.82, 2.24) is 0 Å². The predicted octanol–water partition coefficient (Wildman–Crippen LogP) is 4.32. The highest BCUT2D eigenvalue weighted by Gasteiger charge is 2.27. The molecule has 0 spiro atoms. The molecule has 0 N–H and O–H groups in total. The average molecular weight is 242 g/mol. The molecule has 0 saturated heterocycles. The Hall–Kier alpha value is -0.990.